The predicted octanol–water partition coefficient (Wildman–Crippen LogP) is 2.17. The van der Waals surface area contributed by atoms with Crippen LogP contribution in [0.4, 0.5) is 24.5 Å². The first-order valence-corrected chi connectivity index (χ1v) is 9.96. The molecule has 0 radical (unpaired) electrons. The zero-order valence-corrected chi connectivity index (χ0v) is 16.4. The Balaban J connectivity index is 1.81. The molecule has 0 amide bonds. The number of piperazine rings is 1. The molecule has 0 unspecified atom stereocenters. The minimum atomic E-state index is -4.70. The van der Waals surface area contributed by atoms with Crippen LogP contribution in [0.1, 0.15) is 11.4 Å². The minimum Gasteiger partial charge on any atom is -0.363 e. The number of aromatic nitrogens is 2. The molecule has 0 atom stereocenters. The van der Waals surface area contributed by atoms with Gasteiger partial charge in [0.2, 0.25) is 0 Å². The number of aryl methyl sites for hydroxylation is 2. The van der Waals surface area contributed by atoms with Crippen LogP contribution >= 0.6 is 0 Å². The molecule has 29 heavy (non-hydrogen) atoms. The maximum Gasteiger partial charge on any atom is 0.416 e. The van der Waals surface area contributed by atoms with Crippen LogP contribution in [0.5, 0.6) is 0 Å². The summed E-state index contributed by atoms with van der Waals surface area (Å²) in [4.78, 5) is 15.9. The number of rotatable bonds is 4. The highest BCUT2D eigenvalue weighted by atomic mass is 32.2. The first-order chi connectivity index (χ1) is 13.4. The number of nitrogens with zero attached hydrogens (tertiary/aromatic N) is 5. The number of hydrogen-bond donors (Lipinski definition) is 0. The summed E-state index contributed by atoms with van der Waals surface area (Å²) in [5.74, 6) is 0.530. The van der Waals surface area contributed by atoms with Gasteiger partial charge in [0.25, 0.3) is 15.7 Å². The number of benzene rings is 1. The first-order valence-electron chi connectivity index (χ1n) is 8.52. The lowest BCUT2D eigenvalue weighted by Crippen LogP contribution is -2.48. The van der Waals surface area contributed by atoms with E-state index in [1.54, 1.807) is 18.5 Å². The van der Waals surface area contributed by atoms with Gasteiger partial charge in [0.15, 0.2) is 5.03 Å². The van der Waals surface area contributed by atoms with Crippen molar-refractivity contribution in [3.05, 3.63) is 45.9 Å². The van der Waals surface area contributed by atoms with Crippen LogP contribution in [0.2, 0.25) is 0 Å². The van der Waals surface area contributed by atoms with Crippen molar-refractivity contribution >= 4 is 21.4 Å². The molecule has 0 bridgehead atoms. The topological polar surface area (TPSA) is 102 Å². The van der Waals surface area contributed by atoms with Crippen LogP contribution in [0.3, 0.4) is 0 Å². The number of sulfonamides is 1. The van der Waals surface area contributed by atoms with Crippen LogP contribution < -0.4 is 4.90 Å². The highest BCUT2D eigenvalue weighted by Crippen LogP contribution is 2.37. The number of anilines is 1. The second kappa shape index (κ2) is 7.30. The summed E-state index contributed by atoms with van der Waals surface area (Å²) in [5, 5.41) is 11.2. The van der Waals surface area contributed by atoms with E-state index in [0.29, 0.717) is 11.9 Å². The quantitative estimate of drug-likeness (QED) is 0.541. The van der Waals surface area contributed by atoms with Crippen molar-refractivity contribution in [3.8, 4) is 0 Å². The maximum atomic E-state index is 12.9. The maximum absolute atomic E-state index is 12.9. The third kappa shape index (κ3) is 4.05. The van der Waals surface area contributed by atoms with E-state index >= 15 is 0 Å². The molecule has 13 heteroatoms. The molecule has 0 aliphatic carbocycles. The zero-order chi connectivity index (χ0) is 21.6. The van der Waals surface area contributed by atoms with Crippen LogP contribution in [0.25, 0.3) is 0 Å². The van der Waals surface area contributed by atoms with Crippen molar-refractivity contribution in [2.24, 2.45) is 7.05 Å². The standard InChI is InChI=1S/C16H18F3N5O4S/c1-11-20-15(10-21(11)2)29(27,28)23-7-5-22(6-8-23)13-4-3-12(16(17,18)19)9-14(13)24(25)26/h3-4,9-10H,5-8H2,1-2H3. The van der Waals surface area contributed by atoms with Gasteiger partial charge in [-0.25, -0.2) is 13.4 Å². The zero-order valence-electron chi connectivity index (χ0n) is 15.5. The Labute approximate surface area is 164 Å². The van der Waals surface area contributed by atoms with E-state index < -0.39 is 32.4 Å². The fourth-order valence-corrected chi connectivity index (χ4v) is 4.51. The van der Waals surface area contributed by atoms with Crippen molar-refractivity contribution in [2.45, 2.75) is 18.1 Å². The van der Waals surface area contributed by atoms with Gasteiger partial charge in [0.05, 0.1) is 10.5 Å². The Morgan fingerprint density at radius 3 is 2.28 bits per heavy atom. The molecule has 2 heterocycles. The number of imidazole rings is 1. The molecule has 9 nitrogen and oxygen atoms in total. The number of alkyl halides is 3. The van der Waals surface area contributed by atoms with Gasteiger partial charge in [-0.1, -0.05) is 0 Å². The molecule has 3 rings (SSSR count). The number of hydrogen-bond acceptors (Lipinski definition) is 6. The van der Waals surface area contributed by atoms with Crippen molar-refractivity contribution in [1.29, 1.82) is 0 Å². The van der Waals surface area contributed by atoms with Crippen molar-refractivity contribution < 1.29 is 26.5 Å². The van der Waals surface area contributed by atoms with Crippen LogP contribution in [0.15, 0.2) is 29.4 Å². The van der Waals surface area contributed by atoms with Crippen molar-refractivity contribution in [1.82, 2.24) is 13.9 Å². The van der Waals surface area contributed by atoms with Gasteiger partial charge >= 0.3 is 6.18 Å². The SMILES string of the molecule is Cc1nc(S(=O)(=O)N2CCN(c3ccc(C(F)(F)F)cc3[N+](=O)[O-])CC2)cn1C. The molecule has 2 aromatic rings. The Morgan fingerprint density at radius 2 is 1.79 bits per heavy atom. The van der Waals surface area contributed by atoms with Gasteiger partial charge in [-0.3, -0.25) is 10.1 Å². The van der Waals surface area contributed by atoms with Gasteiger partial charge in [0, 0.05) is 45.5 Å². The lowest BCUT2D eigenvalue weighted by atomic mass is 10.1. The van der Waals surface area contributed by atoms with E-state index in [0.717, 1.165) is 12.1 Å². The molecule has 158 valence electrons. The fraction of sp³-hybridized carbons (Fsp3) is 0.438. The molecule has 1 aromatic heterocycles. The largest absolute Gasteiger partial charge is 0.416 e. The highest BCUT2D eigenvalue weighted by Gasteiger charge is 2.35. The smallest absolute Gasteiger partial charge is 0.363 e. The van der Waals surface area contributed by atoms with Gasteiger partial charge in [0.1, 0.15) is 11.5 Å². The van der Waals surface area contributed by atoms with Gasteiger partial charge < -0.3 is 9.47 Å². The molecular weight excluding hydrogens is 415 g/mol. The number of nitro groups is 1. The molecule has 0 saturated carbocycles. The van der Waals surface area contributed by atoms with Gasteiger partial charge in [-0.2, -0.15) is 17.5 Å². The first kappa shape index (κ1) is 21.0. The third-order valence-corrected chi connectivity index (χ3v) is 6.54. The molecule has 1 aromatic carbocycles. The molecule has 0 N–H and O–H groups in total. The van der Waals surface area contributed by atoms with E-state index in [2.05, 4.69) is 4.98 Å². The summed E-state index contributed by atoms with van der Waals surface area (Å²) in [7, 11) is -2.16. The van der Waals surface area contributed by atoms with E-state index in [-0.39, 0.29) is 36.9 Å². The van der Waals surface area contributed by atoms with Gasteiger partial charge in [-0.05, 0) is 19.1 Å². The van der Waals surface area contributed by atoms with Gasteiger partial charge in [-0.15, -0.1) is 0 Å². The van der Waals surface area contributed by atoms with Crippen LogP contribution in [0, 0.1) is 17.0 Å². The minimum absolute atomic E-state index is 0.0220. The van der Waals surface area contributed by atoms with Crippen molar-refractivity contribution in [3.63, 3.8) is 0 Å². The Hall–Kier alpha value is -2.67. The van der Waals surface area contributed by atoms with E-state index in [1.165, 1.54) is 15.4 Å². The molecule has 0 spiro atoms. The third-order valence-electron chi connectivity index (χ3n) is 4.77. The highest BCUT2D eigenvalue weighted by molar-refractivity contribution is 7.89. The second-order valence-corrected chi connectivity index (χ2v) is 8.47. The van der Waals surface area contributed by atoms with Crippen molar-refractivity contribution in [2.75, 3.05) is 31.1 Å². The molecule has 1 aliphatic rings. The summed E-state index contributed by atoms with van der Waals surface area (Å²) < 4.78 is 66.8. The molecular formula is C16H18F3N5O4S. The average Bonchev–Trinajstić information content (AvgIpc) is 3.00. The summed E-state index contributed by atoms with van der Waals surface area (Å²) in [5.41, 5.74) is -1.76. The normalized spacial score (nSPS) is 16.2. The monoisotopic (exact) mass is 433 g/mol. The summed E-state index contributed by atoms with van der Waals surface area (Å²) in [6, 6.07) is 2.32. The predicted molar refractivity (Wildman–Crippen MR) is 97.0 cm³/mol. The molecule has 1 aliphatic heterocycles. The van der Waals surface area contributed by atoms with E-state index in [4.69, 9.17) is 0 Å². The van der Waals surface area contributed by atoms with Crippen LogP contribution in [-0.4, -0.2) is 53.4 Å². The Morgan fingerprint density at radius 1 is 1.17 bits per heavy atom. The summed E-state index contributed by atoms with van der Waals surface area (Å²) >= 11 is 0. The number of nitro benzene ring substituents is 1. The molecule has 1 fully saturated rings. The van der Waals surface area contributed by atoms with E-state index in [1.807, 2.05) is 0 Å². The molecule has 1 saturated heterocycles. The average molecular weight is 433 g/mol. The Bertz CT molecular complexity index is 1020. The lowest BCUT2D eigenvalue weighted by Gasteiger charge is -2.34. The van der Waals surface area contributed by atoms with E-state index in [9.17, 15) is 31.7 Å². The number of halogens is 3. The summed E-state index contributed by atoms with van der Waals surface area (Å²) in [6.45, 7) is 1.90. The second-order valence-electron chi connectivity index (χ2n) is 6.59. The Kier molecular flexibility index (Phi) is 5.30. The lowest BCUT2D eigenvalue weighted by molar-refractivity contribution is -0.384. The van der Waals surface area contributed by atoms with Crippen LogP contribution in [-0.2, 0) is 23.2 Å². The fourth-order valence-electron chi connectivity index (χ4n) is 3.07. The summed E-state index contributed by atoms with van der Waals surface area (Å²) in [6.07, 6.45) is -3.30.